The van der Waals surface area contributed by atoms with E-state index in [2.05, 4.69) is 43.3 Å². The standard InChI is InChI=1S/C14H15NSe/c1-2-11-8-9-13(15)14(10-11)16-12-6-4-3-5-7-12/h3-10H,2,15H2,1H3. The summed E-state index contributed by atoms with van der Waals surface area (Å²) in [5.74, 6) is 0. The van der Waals surface area contributed by atoms with Gasteiger partial charge in [-0.25, -0.2) is 0 Å². The second kappa shape index (κ2) is 5.20. The first-order chi connectivity index (χ1) is 7.79. The fourth-order valence-electron chi connectivity index (χ4n) is 1.50. The van der Waals surface area contributed by atoms with Crippen LogP contribution in [0.25, 0.3) is 0 Å². The molecular weight excluding hydrogens is 261 g/mol. The zero-order valence-electron chi connectivity index (χ0n) is 9.31. The molecule has 0 saturated carbocycles. The molecule has 0 fully saturated rings. The van der Waals surface area contributed by atoms with Crippen molar-refractivity contribution in [2.24, 2.45) is 0 Å². The van der Waals surface area contributed by atoms with Crippen LogP contribution in [0, 0.1) is 0 Å². The molecule has 0 amide bonds. The van der Waals surface area contributed by atoms with Crippen LogP contribution in [0.1, 0.15) is 12.5 Å². The van der Waals surface area contributed by atoms with Gasteiger partial charge in [0.1, 0.15) is 0 Å². The predicted molar refractivity (Wildman–Crippen MR) is 71.7 cm³/mol. The summed E-state index contributed by atoms with van der Waals surface area (Å²) in [6, 6.07) is 16.9. The molecule has 0 atom stereocenters. The van der Waals surface area contributed by atoms with Crippen molar-refractivity contribution in [2.45, 2.75) is 13.3 Å². The van der Waals surface area contributed by atoms with Crippen molar-refractivity contribution in [1.29, 1.82) is 0 Å². The van der Waals surface area contributed by atoms with Crippen LogP contribution in [0.3, 0.4) is 0 Å². The second-order valence-electron chi connectivity index (χ2n) is 3.64. The first-order valence-electron chi connectivity index (χ1n) is 5.41. The van der Waals surface area contributed by atoms with E-state index in [-0.39, 0.29) is 0 Å². The minimum atomic E-state index is 0.316. The summed E-state index contributed by atoms with van der Waals surface area (Å²) in [6.07, 6.45) is 1.07. The number of nitrogen functional groups attached to an aromatic ring is 1. The van der Waals surface area contributed by atoms with Crippen molar-refractivity contribution in [1.82, 2.24) is 0 Å². The summed E-state index contributed by atoms with van der Waals surface area (Å²) in [5, 5.41) is 0. The van der Waals surface area contributed by atoms with Crippen LogP contribution in [-0.2, 0) is 6.42 Å². The molecule has 1 nitrogen and oxygen atoms in total. The Kier molecular flexibility index (Phi) is 3.66. The van der Waals surface area contributed by atoms with Gasteiger partial charge in [-0.2, -0.15) is 0 Å². The fraction of sp³-hybridized carbons (Fsp3) is 0.143. The van der Waals surface area contributed by atoms with E-state index in [4.69, 9.17) is 5.73 Å². The van der Waals surface area contributed by atoms with E-state index < -0.39 is 0 Å². The molecule has 0 radical (unpaired) electrons. The van der Waals surface area contributed by atoms with Crippen LogP contribution in [0.5, 0.6) is 0 Å². The summed E-state index contributed by atoms with van der Waals surface area (Å²) in [7, 11) is 0. The normalized spacial score (nSPS) is 10.3. The summed E-state index contributed by atoms with van der Waals surface area (Å²) >= 11 is 0.316. The second-order valence-corrected chi connectivity index (χ2v) is 5.98. The Morgan fingerprint density at radius 1 is 1.06 bits per heavy atom. The van der Waals surface area contributed by atoms with E-state index in [0.717, 1.165) is 12.1 Å². The van der Waals surface area contributed by atoms with Crippen molar-refractivity contribution in [2.75, 3.05) is 5.73 Å². The molecule has 0 unspecified atom stereocenters. The summed E-state index contributed by atoms with van der Waals surface area (Å²) < 4.78 is 2.66. The third kappa shape index (κ3) is 2.66. The molecule has 0 spiro atoms. The maximum absolute atomic E-state index is 6.01. The van der Waals surface area contributed by atoms with Crippen LogP contribution >= 0.6 is 0 Å². The zero-order valence-corrected chi connectivity index (χ0v) is 11.0. The molecule has 2 heteroatoms. The number of hydrogen-bond donors (Lipinski definition) is 1. The number of hydrogen-bond acceptors (Lipinski definition) is 1. The molecule has 2 N–H and O–H groups in total. The Hall–Kier alpha value is -1.24. The minimum absolute atomic E-state index is 0.316. The van der Waals surface area contributed by atoms with Gasteiger partial charge in [-0.1, -0.05) is 0 Å². The number of rotatable bonds is 3. The van der Waals surface area contributed by atoms with Crippen LogP contribution in [0.4, 0.5) is 5.69 Å². The van der Waals surface area contributed by atoms with Gasteiger partial charge in [0.2, 0.25) is 0 Å². The van der Waals surface area contributed by atoms with Gasteiger partial charge in [0.25, 0.3) is 0 Å². The molecule has 0 aromatic heterocycles. The molecule has 2 rings (SSSR count). The number of aryl methyl sites for hydroxylation is 1. The molecule has 2 aromatic carbocycles. The van der Waals surface area contributed by atoms with Crippen LogP contribution < -0.4 is 14.7 Å². The predicted octanol–water partition coefficient (Wildman–Crippen LogP) is 1.49. The molecule has 0 aliphatic heterocycles. The topological polar surface area (TPSA) is 26.0 Å². The van der Waals surface area contributed by atoms with Gasteiger partial charge in [-0.3, -0.25) is 0 Å². The first-order valence-corrected chi connectivity index (χ1v) is 7.12. The Labute approximate surface area is 103 Å². The van der Waals surface area contributed by atoms with E-state index in [1.807, 2.05) is 12.1 Å². The van der Waals surface area contributed by atoms with Crippen molar-refractivity contribution in [3.8, 4) is 0 Å². The summed E-state index contributed by atoms with van der Waals surface area (Å²) in [4.78, 5) is 0. The van der Waals surface area contributed by atoms with Crippen molar-refractivity contribution in [3.05, 3.63) is 54.1 Å². The number of benzene rings is 2. The van der Waals surface area contributed by atoms with E-state index in [1.54, 1.807) is 0 Å². The van der Waals surface area contributed by atoms with Crippen LogP contribution in [0.15, 0.2) is 48.5 Å². The van der Waals surface area contributed by atoms with Gasteiger partial charge in [0.05, 0.1) is 0 Å². The Bertz CT molecular complexity index is 465. The molecule has 0 aliphatic carbocycles. The average molecular weight is 276 g/mol. The molecule has 2 aromatic rings. The van der Waals surface area contributed by atoms with Gasteiger partial charge in [0, 0.05) is 0 Å². The SMILES string of the molecule is CCc1ccc(N)c([Se]c2ccccc2)c1. The number of anilines is 1. The Balaban J connectivity index is 2.27. The van der Waals surface area contributed by atoms with E-state index in [9.17, 15) is 0 Å². The van der Waals surface area contributed by atoms with Gasteiger partial charge in [-0.05, 0) is 0 Å². The molecular formula is C14H15NSe. The van der Waals surface area contributed by atoms with Crippen LogP contribution in [-0.4, -0.2) is 15.0 Å². The zero-order chi connectivity index (χ0) is 11.4. The third-order valence-corrected chi connectivity index (χ3v) is 4.73. The molecule has 16 heavy (non-hydrogen) atoms. The molecule has 0 heterocycles. The molecule has 0 bridgehead atoms. The third-order valence-electron chi connectivity index (χ3n) is 2.46. The quantitative estimate of drug-likeness (QED) is 0.667. The first kappa shape index (κ1) is 11.3. The number of nitrogens with two attached hydrogens (primary N) is 1. The molecule has 0 saturated heterocycles. The van der Waals surface area contributed by atoms with Gasteiger partial charge < -0.3 is 0 Å². The Morgan fingerprint density at radius 2 is 1.81 bits per heavy atom. The van der Waals surface area contributed by atoms with E-state index in [0.29, 0.717) is 15.0 Å². The Morgan fingerprint density at radius 3 is 2.50 bits per heavy atom. The van der Waals surface area contributed by atoms with Crippen molar-refractivity contribution in [3.63, 3.8) is 0 Å². The van der Waals surface area contributed by atoms with Gasteiger partial charge in [-0.15, -0.1) is 0 Å². The van der Waals surface area contributed by atoms with Crippen LogP contribution in [0.2, 0.25) is 0 Å². The molecule has 82 valence electrons. The summed E-state index contributed by atoms with van der Waals surface area (Å²) in [6.45, 7) is 2.17. The maximum atomic E-state index is 6.01. The average Bonchev–Trinajstić information content (AvgIpc) is 2.33. The van der Waals surface area contributed by atoms with Gasteiger partial charge in [0.15, 0.2) is 0 Å². The fourth-order valence-corrected chi connectivity index (χ4v) is 3.48. The molecule has 0 aliphatic rings. The van der Waals surface area contributed by atoms with Crippen molar-refractivity contribution < 1.29 is 0 Å². The van der Waals surface area contributed by atoms with Gasteiger partial charge >= 0.3 is 103 Å². The summed E-state index contributed by atoms with van der Waals surface area (Å²) in [5.41, 5.74) is 8.29. The van der Waals surface area contributed by atoms with Crippen molar-refractivity contribution >= 4 is 29.6 Å². The monoisotopic (exact) mass is 277 g/mol. The van der Waals surface area contributed by atoms with E-state index >= 15 is 0 Å². The van der Waals surface area contributed by atoms with E-state index in [1.165, 1.54) is 14.5 Å².